The van der Waals surface area contributed by atoms with Crippen LogP contribution in [0.3, 0.4) is 0 Å². The summed E-state index contributed by atoms with van der Waals surface area (Å²) in [5.74, 6) is -1.86. The van der Waals surface area contributed by atoms with Crippen LogP contribution in [0.1, 0.15) is 94.4 Å². The van der Waals surface area contributed by atoms with Crippen molar-refractivity contribution < 1.29 is 29.1 Å². The number of hydrogen-bond acceptors (Lipinski definition) is 6. The molecule has 0 saturated carbocycles. The van der Waals surface area contributed by atoms with Crippen molar-refractivity contribution in [2.24, 2.45) is 0 Å². The van der Waals surface area contributed by atoms with Crippen molar-refractivity contribution in [1.82, 2.24) is 4.90 Å². The molecule has 1 heterocycles. The van der Waals surface area contributed by atoms with E-state index >= 15 is 0 Å². The lowest BCUT2D eigenvalue weighted by Crippen LogP contribution is -2.43. The standard InChI is InChI=1S/C22H39NO6/c1-10-12-20(5,6)26-28-22(9,29-27-21(7,8)13-11-2)14-15-23-18(24)16(3)17(4)19(23)25/h10-15H2,1-9H3. The second-order valence-corrected chi connectivity index (χ2v) is 9.25. The third kappa shape index (κ3) is 7.48. The highest BCUT2D eigenvalue weighted by molar-refractivity contribution is 6.18. The minimum atomic E-state index is -1.29. The summed E-state index contributed by atoms with van der Waals surface area (Å²) in [6.07, 6.45) is 3.69. The first-order valence-electron chi connectivity index (χ1n) is 10.5. The van der Waals surface area contributed by atoms with E-state index in [1.54, 1.807) is 20.8 Å². The summed E-state index contributed by atoms with van der Waals surface area (Å²) in [5, 5.41) is 0. The fraction of sp³-hybridized carbons (Fsp3) is 0.818. The molecule has 2 amide bonds. The zero-order valence-corrected chi connectivity index (χ0v) is 19.6. The quantitative estimate of drug-likeness (QED) is 0.186. The van der Waals surface area contributed by atoms with E-state index in [2.05, 4.69) is 13.8 Å². The summed E-state index contributed by atoms with van der Waals surface area (Å²) < 4.78 is 0. The van der Waals surface area contributed by atoms with E-state index in [0.717, 1.165) is 25.7 Å². The molecule has 0 bridgehead atoms. The van der Waals surface area contributed by atoms with E-state index in [9.17, 15) is 9.59 Å². The maximum absolute atomic E-state index is 12.4. The third-order valence-electron chi connectivity index (χ3n) is 5.08. The Bertz CT molecular complexity index is 577. The maximum atomic E-state index is 12.4. The van der Waals surface area contributed by atoms with E-state index in [4.69, 9.17) is 19.6 Å². The summed E-state index contributed by atoms with van der Waals surface area (Å²) in [6, 6.07) is 0. The van der Waals surface area contributed by atoms with Gasteiger partial charge < -0.3 is 0 Å². The summed E-state index contributed by atoms with van der Waals surface area (Å²) in [5.41, 5.74) is -0.0723. The van der Waals surface area contributed by atoms with Crippen molar-refractivity contribution in [3.05, 3.63) is 11.1 Å². The van der Waals surface area contributed by atoms with Gasteiger partial charge in [-0.05, 0) is 61.3 Å². The fourth-order valence-electron chi connectivity index (χ4n) is 3.12. The first-order valence-corrected chi connectivity index (χ1v) is 10.5. The van der Waals surface area contributed by atoms with Gasteiger partial charge in [0.1, 0.15) is 0 Å². The smallest absolute Gasteiger partial charge is 0.256 e. The van der Waals surface area contributed by atoms with Gasteiger partial charge in [0.05, 0.1) is 11.2 Å². The topological polar surface area (TPSA) is 74.3 Å². The van der Waals surface area contributed by atoms with Crippen LogP contribution in [0.25, 0.3) is 0 Å². The zero-order chi connectivity index (χ0) is 22.5. The lowest BCUT2D eigenvalue weighted by atomic mass is 10.0. The van der Waals surface area contributed by atoms with Gasteiger partial charge in [-0.3, -0.25) is 14.5 Å². The molecular formula is C22H39NO6. The number of imide groups is 1. The van der Waals surface area contributed by atoms with Crippen molar-refractivity contribution in [2.75, 3.05) is 6.54 Å². The first kappa shape index (κ1) is 25.8. The molecule has 0 fully saturated rings. The van der Waals surface area contributed by atoms with Crippen molar-refractivity contribution in [3.63, 3.8) is 0 Å². The molecule has 0 aliphatic carbocycles. The van der Waals surface area contributed by atoms with Crippen molar-refractivity contribution >= 4 is 11.8 Å². The van der Waals surface area contributed by atoms with Crippen molar-refractivity contribution in [1.29, 1.82) is 0 Å². The van der Waals surface area contributed by atoms with E-state index < -0.39 is 17.0 Å². The van der Waals surface area contributed by atoms with Gasteiger partial charge in [0, 0.05) is 24.1 Å². The second-order valence-electron chi connectivity index (χ2n) is 9.25. The molecule has 7 heteroatoms. The van der Waals surface area contributed by atoms with E-state index in [-0.39, 0.29) is 24.8 Å². The van der Waals surface area contributed by atoms with Crippen molar-refractivity contribution in [2.45, 2.75) is 111 Å². The molecule has 7 nitrogen and oxygen atoms in total. The number of amides is 2. The first-order chi connectivity index (χ1) is 13.3. The van der Waals surface area contributed by atoms with Crippen LogP contribution in [0.15, 0.2) is 11.1 Å². The third-order valence-corrected chi connectivity index (χ3v) is 5.08. The second kappa shape index (κ2) is 10.2. The van der Waals surface area contributed by atoms with Gasteiger partial charge in [-0.2, -0.15) is 9.78 Å². The van der Waals surface area contributed by atoms with E-state index in [1.165, 1.54) is 4.90 Å². The average molecular weight is 414 g/mol. The molecule has 0 unspecified atom stereocenters. The minimum absolute atomic E-state index is 0.137. The molecule has 0 atom stereocenters. The fourth-order valence-corrected chi connectivity index (χ4v) is 3.12. The molecule has 0 spiro atoms. The van der Waals surface area contributed by atoms with E-state index in [1.807, 2.05) is 27.7 Å². The van der Waals surface area contributed by atoms with Gasteiger partial charge in [-0.1, -0.05) is 26.7 Å². The Kier molecular flexibility index (Phi) is 9.02. The van der Waals surface area contributed by atoms with Gasteiger partial charge in [-0.25, -0.2) is 9.78 Å². The van der Waals surface area contributed by atoms with Crippen LogP contribution in [0.2, 0.25) is 0 Å². The van der Waals surface area contributed by atoms with Crippen LogP contribution in [0, 0.1) is 0 Å². The highest BCUT2D eigenvalue weighted by atomic mass is 17.3. The van der Waals surface area contributed by atoms with Crippen LogP contribution in [-0.2, 0) is 29.1 Å². The number of nitrogens with zero attached hydrogens (tertiary/aromatic N) is 1. The maximum Gasteiger partial charge on any atom is 0.256 e. The highest BCUT2D eigenvalue weighted by Gasteiger charge is 2.39. The Labute approximate surface area is 175 Å². The van der Waals surface area contributed by atoms with Gasteiger partial charge in [0.15, 0.2) is 0 Å². The molecule has 0 N–H and O–H groups in total. The van der Waals surface area contributed by atoms with Crippen LogP contribution in [0.5, 0.6) is 0 Å². The lowest BCUT2D eigenvalue weighted by Gasteiger charge is -2.35. The molecule has 1 rings (SSSR count). The molecule has 1 aliphatic rings. The normalized spacial score (nSPS) is 16.4. The number of carbonyl (C=O) groups excluding carboxylic acids is 2. The predicted molar refractivity (Wildman–Crippen MR) is 110 cm³/mol. The highest BCUT2D eigenvalue weighted by Crippen LogP contribution is 2.29. The summed E-state index contributed by atoms with van der Waals surface area (Å²) in [4.78, 5) is 48.6. The molecular weight excluding hydrogens is 374 g/mol. The molecule has 0 aromatic heterocycles. The largest absolute Gasteiger partial charge is 0.275 e. The molecule has 1 aliphatic heterocycles. The Hall–Kier alpha value is -1.28. The molecule has 29 heavy (non-hydrogen) atoms. The summed E-state index contributed by atoms with van der Waals surface area (Å²) >= 11 is 0. The molecule has 168 valence electrons. The zero-order valence-electron chi connectivity index (χ0n) is 19.6. The Morgan fingerprint density at radius 2 is 1.07 bits per heavy atom. The Balaban J connectivity index is 2.86. The van der Waals surface area contributed by atoms with Crippen LogP contribution in [-0.4, -0.2) is 40.2 Å². The Morgan fingerprint density at radius 1 is 0.690 bits per heavy atom. The Morgan fingerprint density at radius 3 is 1.41 bits per heavy atom. The average Bonchev–Trinajstić information content (AvgIpc) is 2.80. The van der Waals surface area contributed by atoms with Crippen molar-refractivity contribution in [3.8, 4) is 0 Å². The molecule has 0 saturated heterocycles. The molecule has 0 aromatic carbocycles. The number of carbonyl (C=O) groups is 2. The summed E-state index contributed by atoms with van der Waals surface area (Å²) in [6.45, 7) is 17.0. The summed E-state index contributed by atoms with van der Waals surface area (Å²) in [7, 11) is 0. The minimum Gasteiger partial charge on any atom is -0.275 e. The lowest BCUT2D eigenvalue weighted by molar-refractivity contribution is -0.540. The monoisotopic (exact) mass is 413 g/mol. The van der Waals surface area contributed by atoms with Gasteiger partial charge >= 0.3 is 0 Å². The number of hydrogen-bond donors (Lipinski definition) is 0. The van der Waals surface area contributed by atoms with Gasteiger partial charge in [0.25, 0.3) is 11.8 Å². The van der Waals surface area contributed by atoms with Gasteiger partial charge in [0.2, 0.25) is 5.79 Å². The van der Waals surface area contributed by atoms with Gasteiger partial charge in [-0.15, -0.1) is 0 Å². The van der Waals surface area contributed by atoms with E-state index in [0.29, 0.717) is 11.1 Å². The van der Waals surface area contributed by atoms with Crippen LogP contribution < -0.4 is 0 Å². The number of rotatable bonds is 13. The predicted octanol–water partition coefficient (Wildman–Crippen LogP) is 4.85. The molecule has 0 radical (unpaired) electrons. The molecule has 0 aromatic rings. The SMILES string of the molecule is CCCC(C)(C)OOC(C)(CCN1C(=O)C(C)=C(C)C1=O)OOC(C)(C)CCC. The van der Waals surface area contributed by atoms with Crippen LogP contribution >= 0.6 is 0 Å². The van der Waals surface area contributed by atoms with Crippen LogP contribution in [0.4, 0.5) is 0 Å².